The smallest absolute Gasteiger partial charge is 0.328 e. The van der Waals surface area contributed by atoms with Crippen LogP contribution in [-0.4, -0.2) is 55.6 Å². The van der Waals surface area contributed by atoms with Crippen molar-refractivity contribution in [3.05, 3.63) is 58.1 Å². The number of methoxy groups -OCH3 is 1. The van der Waals surface area contributed by atoms with Crippen LogP contribution < -0.4 is 25.2 Å². The van der Waals surface area contributed by atoms with Crippen LogP contribution in [0.1, 0.15) is 5.56 Å². The number of rotatable bonds is 3. The fourth-order valence-corrected chi connectivity index (χ4v) is 5.07. The highest BCUT2D eigenvalue weighted by Gasteiger charge is 2.61. The van der Waals surface area contributed by atoms with E-state index in [9.17, 15) is 24.5 Å². The van der Waals surface area contributed by atoms with Crippen molar-refractivity contribution in [1.82, 2.24) is 10.6 Å². The second kappa shape index (κ2) is 7.47. The highest BCUT2D eigenvalue weighted by atomic mass is 16.6. The molecular formula is C22H21N5O6. The van der Waals surface area contributed by atoms with Crippen molar-refractivity contribution in [2.45, 2.75) is 12.5 Å². The minimum Gasteiger partial charge on any atom is -0.497 e. The van der Waals surface area contributed by atoms with Crippen LogP contribution in [0.4, 0.5) is 21.9 Å². The number of hydrogen-bond acceptors (Lipinski definition) is 8. The Morgan fingerprint density at radius 2 is 1.76 bits per heavy atom. The number of fused-ring (bicyclic) bond motifs is 4. The largest absolute Gasteiger partial charge is 0.497 e. The molecule has 3 aliphatic rings. The van der Waals surface area contributed by atoms with Gasteiger partial charge in [0.25, 0.3) is 5.69 Å². The third kappa shape index (κ3) is 3.15. The molecule has 3 heterocycles. The molecule has 0 aromatic heterocycles. The van der Waals surface area contributed by atoms with Crippen LogP contribution in [-0.2, 0) is 16.0 Å². The molecular weight excluding hydrogens is 430 g/mol. The molecule has 1 atom stereocenters. The molecule has 0 saturated carbocycles. The number of ether oxygens (including phenoxy) is 1. The van der Waals surface area contributed by atoms with E-state index in [1.807, 2.05) is 29.2 Å². The molecule has 3 aliphatic heterocycles. The Balaban J connectivity index is 1.59. The molecule has 11 heteroatoms. The Labute approximate surface area is 188 Å². The average Bonchev–Trinajstić information content (AvgIpc) is 2.81. The Hall–Kier alpha value is -4.15. The first-order valence-corrected chi connectivity index (χ1v) is 10.4. The number of non-ortho nitro benzene ring substituents is 1. The second-order valence-electron chi connectivity index (χ2n) is 8.31. The molecule has 2 fully saturated rings. The van der Waals surface area contributed by atoms with Gasteiger partial charge in [-0.05, 0) is 35.9 Å². The monoisotopic (exact) mass is 451 g/mol. The minimum atomic E-state index is -1.61. The fraction of sp³-hybridized carbons (Fsp3) is 0.318. The second-order valence-corrected chi connectivity index (χ2v) is 8.31. The summed E-state index contributed by atoms with van der Waals surface area (Å²) in [5, 5.41) is 15.8. The molecule has 0 aliphatic carbocycles. The van der Waals surface area contributed by atoms with Gasteiger partial charge < -0.3 is 14.5 Å². The standard InChI is InChI=1S/C22H21N5O6/c1-33-16-5-2-14(3-6-16)25-8-9-26-17-7-4-15(27(31)32)10-13(17)11-22(18(26)12-25)19(28)23-21(30)24-20(22)29/h2-7,10,18H,8-9,11-12H2,1H3,(H2,23,24,28,29,30)/t18-/m1/s1. The summed E-state index contributed by atoms with van der Waals surface area (Å²) in [6.45, 7) is 1.44. The van der Waals surface area contributed by atoms with Crippen molar-refractivity contribution in [3.8, 4) is 5.75 Å². The third-order valence-corrected chi connectivity index (χ3v) is 6.70. The van der Waals surface area contributed by atoms with E-state index < -0.39 is 34.2 Å². The molecule has 170 valence electrons. The summed E-state index contributed by atoms with van der Waals surface area (Å²) in [4.78, 5) is 53.1. The Morgan fingerprint density at radius 1 is 1.06 bits per heavy atom. The van der Waals surface area contributed by atoms with Crippen molar-refractivity contribution in [3.63, 3.8) is 0 Å². The number of nitrogens with one attached hydrogen (secondary N) is 2. The van der Waals surface area contributed by atoms with Gasteiger partial charge in [-0.25, -0.2) is 4.79 Å². The molecule has 2 saturated heterocycles. The van der Waals surface area contributed by atoms with Crippen molar-refractivity contribution in [2.75, 3.05) is 36.5 Å². The van der Waals surface area contributed by atoms with Gasteiger partial charge in [-0.1, -0.05) is 0 Å². The maximum absolute atomic E-state index is 13.2. The van der Waals surface area contributed by atoms with Crippen LogP contribution in [0.5, 0.6) is 5.75 Å². The summed E-state index contributed by atoms with van der Waals surface area (Å²) in [7, 11) is 1.59. The number of urea groups is 1. The first-order chi connectivity index (χ1) is 15.8. The molecule has 0 unspecified atom stereocenters. The van der Waals surface area contributed by atoms with Gasteiger partial charge in [-0.2, -0.15) is 0 Å². The number of nitro benzene ring substituents is 1. The van der Waals surface area contributed by atoms with Crippen LogP contribution in [0, 0.1) is 15.5 Å². The number of piperazine rings is 1. The Bertz CT molecular complexity index is 1160. The van der Waals surface area contributed by atoms with E-state index in [0.717, 1.165) is 11.4 Å². The lowest BCUT2D eigenvalue weighted by Crippen LogP contribution is -2.74. The molecule has 11 nitrogen and oxygen atoms in total. The predicted octanol–water partition coefficient (Wildman–Crippen LogP) is 1.21. The SMILES string of the molecule is COc1ccc(N2CCN3c4ccc([N+](=O)[O-])cc4CC4(C(=O)NC(=O)NC4=O)[C@H]3C2)cc1. The maximum atomic E-state index is 13.2. The van der Waals surface area contributed by atoms with Gasteiger partial charge in [0.15, 0.2) is 5.41 Å². The number of hydrogen-bond donors (Lipinski definition) is 2. The number of carbonyl (C=O) groups is 3. The number of barbiturate groups is 1. The van der Waals surface area contributed by atoms with E-state index in [2.05, 4.69) is 15.5 Å². The summed E-state index contributed by atoms with van der Waals surface area (Å²) < 4.78 is 5.22. The summed E-state index contributed by atoms with van der Waals surface area (Å²) in [6.07, 6.45) is -0.0490. The zero-order chi connectivity index (χ0) is 23.3. The molecule has 2 N–H and O–H groups in total. The number of carbonyl (C=O) groups excluding carboxylic acids is 3. The van der Waals surface area contributed by atoms with Crippen LogP contribution in [0.3, 0.4) is 0 Å². The summed E-state index contributed by atoms with van der Waals surface area (Å²) in [5.41, 5.74) is 0.460. The van der Waals surface area contributed by atoms with Crippen LogP contribution in [0.2, 0.25) is 0 Å². The molecule has 0 bridgehead atoms. The van der Waals surface area contributed by atoms with E-state index in [1.165, 1.54) is 12.1 Å². The van der Waals surface area contributed by atoms with Crippen molar-refractivity contribution in [1.29, 1.82) is 0 Å². The molecule has 4 amide bonds. The molecule has 0 radical (unpaired) electrons. The highest BCUT2D eigenvalue weighted by molar-refractivity contribution is 6.20. The van der Waals surface area contributed by atoms with Crippen LogP contribution in [0.15, 0.2) is 42.5 Å². The fourth-order valence-electron chi connectivity index (χ4n) is 5.07. The predicted molar refractivity (Wildman–Crippen MR) is 117 cm³/mol. The lowest BCUT2D eigenvalue weighted by molar-refractivity contribution is -0.384. The van der Waals surface area contributed by atoms with Gasteiger partial charge in [-0.15, -0.1) is 0 Å². The first kappa shape index (κ1) is 20.7. The summed E-state index contributed by atoms with van der Waals surface area (Å²) >= 11 is 0. The summed E-state index contributed by atoms with van der Waals surface area (Å²) in [6, 6.07) is 10.5. The van der Waals surface area contributed by atoms with Gasteiger partial charge >= 0.3 is 6.03 Å². The number of imide groups is 2. The van der Waals surface area contributed by atoms with E-state index in [1.54, 1.807) is 13.2 Å². The number of benzene rings is 2. The van der Waals surface area contributed by atoms with Crippen molar-refractivity contribution < 1.29 is 24.0 Å². The van der Waals surface area contributed by atoms with Gasteiger partial charge in [0.05, 0.1) is 18.1 Å². The maximum Gasteiger partial charge on any atom is 0.328 e. The molecule has 2 aromatic rings. The van der Waals surface area contributed by atoms with Gasteiger partial charge in [-0.3, -0.25) is 30.3 Å². The molecule has 5 rings (SSSR count). The molecule has 33 heavy (non-hydrogen) atoms. The normalized spacial score (nSPS) is 21.1. The van der Waals surface area contributed by atoms with E-state index >= 15 is 0 Å². The number of nitro groups is 1. The minimum absolute atomic E-state index is 0.0490. The highest BCUT2D eigenvalue weighted by Crippen LogP contribution is 2.45. The first-order valence-electron chi connectivity index (χ1n) is 10.4. The Kier molecular flexibility index (Phi) is 4.69. The number of nitrogens with zero attached hydrogens (tertiary/aromatic N) is 3. The third-order valence-electron chi connectivity index (χ3n) is 6.70. The quantitative estimate of drug-likeness (QED) is 0.404. The lowest BCUT2D eigenvalue weighted by atomic mass is 9.68. The summed E-state index contributed by atoms with van der Waals surface area (Å²) in [5.74, 6) is -0.674. The van der Waals surface area contributed by atoms with E-state index in [0.29, 0.717) is 30.9 Å². The average molecular weight is 451 g/mol. The zero-order valence-electron chi connectivity index (χ0n) is 17.7. The van der Waals surface area contributed by atoms with Gasteiger partial charge in [0.1, 0.15) is 5.75 Å². The van der Waals surface area contributed by atoms with E-state index in [4.69, 9.17) is 4.74 Å². The molecule has 1 spiro atoms. The van der Waals surface area contributed by atoms with Crippen molar-refractivity contribution in [2.24, 2.45) is 5.41 Å². The molecule has 2 aromatic carbocycles. The topological polar surface area (TPSA) is 134 Å². The van der Waals surface area contributed by atoms with Gasteiger partial charge in [0.2, 0.25) is 11.8 Å². The lowest BCUT2D eigenvalue weighted by Gasteiger charge is -2.54. The van der Waals surface area contributed by atoms with Crippen molar-refractivity contribution >= 4 is 34.9 Å². The van der Waals surface area contributed by atoms with Crippen LogP contribution in [0.25, 0.3) is 0 Å². The van der Waals surface area contributed by atoms with Crippen LogP contribution >= 0.6 is 0 Å². The van der Waals surface area contributed by atoms with Gasteiger partial charge in [0, 0.05) is 49.6 Å². The number of anilines is 2. The zero-order valence-corrected chi connectivity index (χ0v) is 17.7. The van der Waals surface area contributed by atoms with E-state index in [-0.39, 0.29) is 12.1 Å². The number of amides is 4. The Morgan fingerprint density at radius 3 is 2.39 bits per heavy atom.